The van der Waals surface area contributed by atoms with Crippen LogP contribution in [0.1, 0.15) is 12.5 Å². The summed E-state index contributed by atoms with van der Waals surface area (Å²) in [5.74, 6) is -0.433. The fourth-order valence-corrected chi connectivity index (χ4v) is 1.61. The summed E-state index contributed by atoms with van der Waals surface area (Å²) in [6, 6.07) is 6.48. The lowest BCUT2D eigenvalue weighted by Gasteiger charge is -2.14. The Balaban J connectivity index is 2.37. The van der Waals surface area contributed by atoms with Crippen molar-refractivity contribution in [1.82, 2.24) is 10.6 Å². The molecule has 20 heavy (non-hydrogen) atoms. The highest BCUT2D eigenvalue weighted by atomic mass is 16.5. The van der Waals surface area contributed by atoms with E-state index in [4.69, 9.17) is 10.5 Å². The summed E-state index contributed by atoms with van der Waals surface area (Å²) in [6.07, 6.45) is 0.218. The largest absolute Gasteiger partial charge is 0.399 e. The number of nitrogens with two attached hydrogens (primary N) is 1. The quantitative estimate of drug-likeness (QED) is 0.486. The van der Waals surface area contributed by atoms with Gasteiger partial charge in [0.15, 0.2) is 0 Å². The highest BCUT2D eigenvalue weighted by molar-refractivity contribution is 5.88. The molecule has 1 aromatic carbocycles. The summed E-state index contributed by atoms with van der Waals surface area (Å²) >= 11 is 0. The molecule has 0 saturated carbocycles. The molecule has 2 amide bonds. The summed E-state index contributed by atoms with van der Waals surface area (Å²) in [5, 5.41) is 5.31. The van der Waals surface area contributed by atoms with Crippen LogP contribution >= 0.6 is 0 Å². The predicted octanol–water partition coefficient (Wildman–Crippen LogP) is 0.0786. The van der Waals surface area contributed by atoms with Crippen LogP contribution in [0.4, 0.5) is 5.69 Å². The number of hydrogen-bond acceptors (Lipinski definition) is 4. The average Bonchev–Trinajstić information content (AvgIpc) is 2.41. The lowest BCUT2D eigenvalue weighted by atomic mass is 10.1. The van der Waals surface area contributed by atoms with Gasteiger partial charge in [0.05, 0.1) is 13.0 Å². The molecule has 1 unspecified atom stereocenters. The number of methoxy groups -OCH3 is 1. The molecule has 6 heteroatoms. The molecule has 0 aliphatic heterocycles. The first-order valence-electron chi connectivity index (χ1n) is 6.43. The lowest BCUT2D eigenvalue weighted by Crippen LogP contribution is -2.46. The van der Waals surface area contributed by atoms with Crippen LogP contribution < -0.4 is 16.4 Å². The highest BCUT2D eigenvalue weighted by Gasteiger charge is 2.15. The van der Waals surface area contributed by atoms with Gasteiger partial charge in [0, 0.05) is 19.3 Å². The van der Waals surface area contributed by atoms with Crippen LogP contribution in [0.25, 0.3) is 0 Å². The Hall–Kier alpha value is -2.08. The van der Waals surface area contributed by atoms with Crippen molar-refractivity contribution in [2.24, 2.45) is 0 Å². The zero-order valence-electron chi connectivity index (χ0n) is 11.8. The van der Waals surface area contributed by atoms with Crippen molar-refractivity contribution in [2.75, 3.05) is 26.0 Å². The Kier molecular flexibility index (Phi) is 6.52. The number of benzene rings is 1. The number of carbonyl (C=O) groups excluding carboxylic acids is 2. The van der Waals surface area contributed by atoms with E-state index >= 15 is 0 Å². The van der Waals surface area contributed by atoms with Crippen LogP contribution in [0.3, 0.4) is 0 Å². The van der Waals surface area contributed by atoms with Gasteiger partial charge in [0.25, 0.3) is 0 Å². The third kappa shape index (κ3) is 5.71. The molecule has 1 atom stereocenters. The Morgan fingerprint density at radius 2 is 1.95 bits per heavy atom. The Labute approximate surface area is 118 Å². The van der Waals surface area contributed by atoms with E-state index in [-0.39, 0.29) is 18.2 Å². The van der Waals surface area contributed by atoms with E-state index in [2.05, 4.69) is 10.6 Å². The predicted molar refractivity (Wildman–Crippen MR) is 77.0 cm³/mol. The number of rotatable bonds is 7. The Bertz CT molecular complexity index is 445. The molecular weight excluding hydrogens is 258 g/mol. The maximum atomic E-state index is 11.8. The molecule has 0 aliphatic carbocycles. The first-order valence-corrected chi connectivity index (χ1v) is 6.43. The molecule has 6 nitrogen and oxygen atoms in total. The normalized spacial score (nSPS) is 11.7. The van der Waals surface area contributed by atoms with E-state index in [0.717, 1.165) is 5.56 Å². The zero-order valence-corrected chi connectivity index (χ0v) is 11.8. The molecule has 0 saturated heterocycles. The van der Waals surface area contributed by atoms with Crippen molar-refractivity contribution >= 4 is 17.5 Å². The standard InChI is InChI=1S/C14H21N3O3/c1-10(14(19)16-7-8-20-2)17-13(18)9-11-3-5-12(15)6-4-11/h3-6,10H,7-9,15H2,1-2H3,(H,16,19)(H,17,18). The SMILES string of the molecule is COCCNC(=O)C(C)NC(=O)Cc1ccc(N)cc1. The van der Waals surface area contributed by atoms with E-state index < -0.39 is 6.04 Å². The third-order valence-corrected chi connectivity index (χ3v) is 2.72. The van der Waals surface area contributed by atoms with Gasteiger partial charge in [-0.15, -0.1) is 0 Å². The van der Waals surface area contributed by atoms with Crippen molar-refractivity contribution < 1.29 is 14.3 Å². The number of carbonyl (C=O) groups is 2. The van der Waals surface area contributed by atoms with Gasteiger partial charge in [-0.2, -0.15) is 0 Å². The van der Waals surface area contributed by atoms with Crippen LogP contribution in [0, 0.1) is 0 Å². The van der Waals surface area contributed by atoms with Gasteiger partial charge in [-0.05, 0) is 24.6 Å². The summed E-state index contributed by atoms with van der Waals surface area (Å²) in [6.45, 7) is 2.51. The molecular formula is C14H21N3O3. The molecule has 4 N–H and O–H groups in total. The highest BCUT2D eigenvalue weighted by Crippen LogP contribution is 2.06. The van der Waals surface area contributed by atoms with Gasteiger partial charge in [0.1, 0.15) is 6.04 Å². The van der Waals surface area contributed by atoms with Crippen LogP contribution in [0.2, 0.25) is 0 Å². The minimum atomic E-state index is -0.576. The van der Waals surface area contributed by atoms with E-state index in [9.17, 15) is 9.59 Å². The van der Waals surface area contributed by atoms with Gasteiger partial charge >= 0.3 is 0 Å². The smallest absolute Gasteiger partial charge is 0.242 e. The van der Waals surface area contributed by atoms with Crippen LogP contribution in [-0.4, -0.2) is 38.1 Å². The maximum absolute atomic E-state index is 11.8. The van der Waals surface area contributed by atoms with Crippen molar-refractivity contribution in [3.8, 4) is 0 Å². The van der Waals surface area contributed by atoms with Gasteiger partial charge < -0.3 is 21.1 Å². The fraction of sp³-hybridized carbons (Fsp3) is 0.429. The van der Waals surface area contributed by atoms with Crippen molar-refractivity contribution in [3.05, 3.63) is 29.8 Å². The second-order valence-electron chi connectivity index (χ2n) is 4.49. The average molecular weight is 279 g/mol. The molecule has 1 aromatic rings. The van der Waals surface area contributed by atoms with Crippen LogP contribution in [0.15, 0.2) is 24.3 Å². The Morgan fingerprint density at radius 1 is 1.30 bits per heavy atom. The molecule has 0 bridgehead atoms. The number of amides is 2. The van der Waals surface area contributed by atoms with Crippen molar-refractivity contribution in [3.63, 3.8) is 0 Å². The molecule has 0 fully saturated rings. The number of hydrogen-bond donors (Lipinski definition) is 3. The summed E-state index contributed by atoms with van der Waals surface area (Å²) < 4.78 is 4.83. The second-order valence-corrected chi connectivity index (χ2v) is 4.49. The van der Waals surface area contributed by atoms with Crippen LogP contribution in [0.5, 0.6) is 0 Å². The van der Waals surface area contributed by atoms with Gasteiger partial charge in [-0.25, -0.2) is 0 Å². The molecule has 0 aliphatic rings. The minimum Gasteiger partial charge on any atom is -0.399 e. The zero-order chi connectivity index (χ0) is 15.0. The van der Waals surface area contributed by atoms with E-state index in [1.165, 1.54) is 0 Å². The summed E-state index contributed by atoms with van der Waals surface area (Å²) in [5.41, 5.74) is 7.08. The molecule has 110 valence electrons. The monoisotopic (exact) mass is 279 g/mol. The van der Waals surface area contributed by atoms with Crippen molar-refractivity contribution in [2.45, 2.75) is 19.4 Å². The Morgan fingerprint density at radius 3 is 2.55 bits per heavy atom. The number of nitrogens with one attached hydrogen (secondary N) is 2. The topological polar surface area (TPSA) is 93.5 Å². The molecule has 0 heterocycles. The van der Waals surface area contributed by atoms with Gasteiger partial charge in [-0.3, -0.25) is 9.59 Å². The van der Waals surface area contributed by atoms with E-state index in [1.807, 2.05) is 0 Å². The van der Waals surface area contributed by atoms with Crippen LogP contribution in [-0.2, 0) is 20.7 Å². The number of nitrogen functional groups attached to an aromatic ring is 1. The third-order valence-electron chi connectivity index (χ3n) is 2.72. The number of ether oxygens (including phenoxy) is 1. The van der Waals surface area contributed by atoms with Gasteiger partial charge in [0.2, 0.25) is 11.8 Å². The molecule has 0 aromatic heterocycles. The van der Waals surface area contributed by atoms with E-state index in [0.29, 0.717) is 18.8 Å². The summed E-state index contributed by atoms with van der Waals surface area (Å²) in [4.78, 5) is 23.4. The molecule has 0 spiro atoms. The minimum absolute atomic E-state index is 0.204. The number of anilines is 1. The lowest BCUT2D eigenvalue weighted by molar-refractivity contribution is -0.128. The first-order chi connectivity index (χ1) is 9.52. The molecule has 1 rings (SSSR count). The van der Waals surface area contributed by atoms with E-state index in [1.54, 1.807) is 38.3 Å². The maximum Gasteiger partial charge on any atom is 0.242 e. The first kappa shape index (κ1) is 16.0. The molecule has 0 radical (unpaired) electrons. The summed E-state index contributed by atoms with van der Waals surface area (Å²) in [7, 11) is 1.56. The second kappa shape index (κ2) is 8.16. The fourth-order valence-electron chi connectivity index (χ4n) is 1.61. The van der Waals surface area contributed by atoms with Gasteiger partial charge in [-0.1, -0.05) is 12.1 Å². The van der Waals surface area contributed by atoms with Crippen molar-refractivity contribution in [1.29, 1.82) is 0 Å².